The zero-order chi connectivity index (χ0) is 27.1. The largest absolute Gasteiger partial charge is 0.497 e. The van der Waals surface area contributed by atoms with Gasteiger partial charge in [0.15, 0.2) is 0 Å². The average Bonchev–Trinajstić information content (AvgIpc) is 3.56. The molecule has 0 bridgehead atoms. The van der Waals surface area contributed by atoms with E-state index in [2.05, 4.69) is 45.9 Å². The molecule has 2 atom stereocenters. The van der Waals surface area contributed by atoms with E-state index in [1.165, 1.54) is 11.6 Å². The summed E-state index contributed by atoms with van der Waals surface area (Å²) in [6, 6.07) is 9.70. The molecule has 0 aliphatic heterocycles. The number of hydrogen-bond acceptors (Lipinski definition) is 5. The van der Waals surface area contributed by atoms with Crippen LogP contribution in [0, 0.1) is 18.7 Å². The normalized spacial score (nSPS) is 18.2. The van der Waals surface area contributed by atoms with Gasteiger partial charge in [0.05, 0.1) is 33.3 Å². The molecule has 0 radical (unpaired) electrons. The second-order valence-electron chi connectivity index (χ2n) is 8.11. The quantitative estimate of drug-likeness (QED) is 0.206. The van der Waals surface area contributed by atoms with Gasteiger partial charge in [-0.05, 0) is 62.4 Å². The van der Waals surface area contributed by atoms with Crippen molar-refractivity contribution in [1.82, 2.24) is 4.98 Å². The monoisotopic (exact) mass is 502 g/mol. The van der Waals surface area contributed by atoms with E-state index in [1.807, 2.05) is 26.0 Å². The lowest BCUT2D eigenvalue weighted by Gasteiger charge is -2.19. The summed E-state index contributed by atoms with van der Waals surface area (Å²) >= 11 is 0. The van der Waals surface area contributed by atoms with E-state index in [0.717, 1.165) is 30.7 Å². The molecule has 0 spiro atoms. The number of aliphatic imine (C=N–C) groups is 2. The number of anilines is 1. The number of carbonyl (C=O) groups is 1. The first-order valence-electron chi connectivity index (χ1n) is 11.5. The van der Waals surface area contributed by atoms with E-state index in [-0.39, 0.29) is 11.2 Å². The highest BCUT2D eigenvalue weighted by Gasteiger charge is 2.53. The summed E-state index contributed by atoms with van der Waals surface area (Å²) in [5.74, 6) is 2.76. The van der Waals surface area contributed by atoms with Crippen LogP contribution >= 0.6 is 0 Å². The number of nitrogens with one attached hydrogen (secondary N) is 1. The highest BCUT2D eigenvalue weighted by atomic mass is 19.1. The molecule has 3 rings (SSSR count). The van der Waals surface area contributed by atoms with E-state index in [0.29, 0.717) is 43.3 Å². The van der Waals surface area contributed by atoms with E-state index in [4.69, 9.17) is 9.47 Å². The number of allylic oxidation sites excluding steroid dienone is 1. The van der Waals surface area contributed by atoms with Gasteiger partial charge in [0.25, 0.3) is 0 Å². The molecule has 7 nitrogen and oxygen atoms in total. The summed E-state index contributed by atoms with van der Waals surface area (Å²) in [6.07, 6.45) is 4.32. The van der Waals surface area contributed by atoms with Crippen LogP contribution in [0.3, 0.4) is 0 Å². The fraction of sp³-hybridized carbons (Fsp3) is 0.407. The van der Waals surface area contributed by atoms with Crippen LogP contribution in [0.15, 0.2) is 58.9 Å². The standard InChI is InChI=1S/C19H26N2O2.C7H7FN2O.CH3F/c1-6-20-16(4)21-12-15(3)23-13-19(11-14(19)2)17-8-7-9-18(10-17)22-5;1-5-2-7(10-4-11)9-3-6(5)8;1-2/h7-10,12,14H,3,6,11,13H2,1-2,4-5H3;2-4H,1H3,(H,9,10,11);1H3/t14?,19-;;/m0../s1. The number of benzene rings is 1. The molecule has 1 N–H and O–H groups in total. The Labute approximate surface area is 212 Å². The van der Waals surface area contributed by atoms with E-state index in [1.54, 1.807) is 20.2 Å². The van der Waals surface area contributed by atoms with Crippen LogP contribution in [0.25, 0.3) is 0 Å². The van der Waals surface area contributed by atoms with Crippen molar-refractivity contribution >= 4 is 24.3 Å². The second-order valence-corrected chi connectivity index (χ2v) is 8.11. The maximum atomic E-state index is 12.6. The van der Waals surface area contributed by atoms with Gasteiger partial charge in [0.2, 0.25) is 6.41 Å². The summed E-state index contributed by atoms with van der Waals surface area (Å²) in [7, 11) is 2.19. The number of carbonyl (C=O) groups excluding carboxylic acids is 1. The van der Waals surface area contributed by atoms with Gasteiger partial charge in [-0.1, -0.05) is 25.6 Å². The maximum absolute atomic E-state index is 12.6. The van der Waals surface area contributed by atoms with Crippen LogP contribution in [-0.4, -0.2) is 50.9 Å². The predicted octanol–water partition coefficient (Wildman–Crippen LogP) is 5.70. The lowest BCUT2D eigenvalue weighted by molar-refractivity contribution is -0.105. The van der Waals surface area contributed by atoms with Gasteiger partial charge in [0, 0.05) is 12.0 Å². The molecule has 2 aromatic rings. The second kappa shape index (κ2) is 15.4. The number of amidine groups is 1. The lowest BCUT2D eigenvalue weighted by Crippen LogP contribution is -2.18. The van der Waals surface area contributed by atoms with E-state index < -0.39 is 0 Å². The number of pyridine rings is 1. The van der Waals surface area contributed by atoms with Crippen LogP contribution < -0.4 is 10.1 Å². The zero-order valence-corrected chi connectivity index (χ0v) is 21.8. The van der Waals surface area contributed by atoms with Crippen molar-refractivity contribution in [3.63, 3.8) is 0 Å². The number of aromatic nitrogens is 1. The Morgan fingerprint density at radius 3 is 2.61 bits per heavy atom. The molecule has 1 fully saturated rings. The van der Waals surface area contributed by atoms with Crippen molar-refractivity contribution in [2.45, 2.75) is 39.5 Å². The predicted molar refractivity (Wildman–Crippen MR) is 141 cm³/mol. The third-order valence-electron chi connectivity index (χ3n) is 5.65. The molecule has 1 aliphatic rings. The van der Waals surface area contributed by atoms with Gasteiger partial charge in [-0.15, -0.1) is 0 Å². The topological polar surface area (TPSA) is 85.2 Å². The zero-order valence-electron chi connectivity index (χ0n) is 21.8. The van der Waals surface area contributed by atoms with Crippen LogP contribution in [-0.2, 0) is 14.9 Å². The summed E-state index contributed by atoms with van der Waals surface area (Å²) in [6.45, 7) is 13.0. The third kappa shape index (κ3) is 9.20. The van der Waals surface area contributed by atoms with Gasteiger partial charge >= 0.3 is 0 Å². The van der Waals surface area contributed by atoms with Crippen molar-refractivity contribution < 1.29 is 23.0 Å². The van der Waals surface area contributed by atoms with Gasteiger partial charge < -0.3 is 14.8 Å². The highest BCUT2D eigenvalue weighted by Crippen LogP contribution is 2.54. The van der Waals surface area contributed by atoms with Crippen molar-refractivity contribution in [1.29, 1.82) is 0 Å². The van der Waals surface area contributed by atoms with Gasteiger partial charge in [0.1, 0.15) is 29.0 Å². The Morgan fingerprint density at radius 1 is 1.36 bits per heavy atom. The SMILES string of the molecule is C=C(C=NC(C)=NCC)OC[C@@]1(c2cccc(OC)c2)CC1C.CF.Cc1cc(NC=O)ncc1F. The van der Waals surface area contributed by atoms with Crippen LogP contribution in [0.2, 0.25) is 0 Å². The van der Waals surface area contributed by atoms with Crippen molar-refractivity contribution in [3.8, 4) is 5.75 Å². The molecule has 1 saturated carbocycles. The molecular weight excluding hydrogens is 466 g/mol. The Kier molecular flexibility index (Phi) is 13.0. The van der Waals surface area contributed by atoms with Gasteiger partial charge in [-0.25, -0.2) is 14.4 Å². The number of halogens is 2. The number of nitrogens with zero attached hydrogens (tertiary/aromatic N) is 3. The number of rotatable bonds is 9. The van der Waals surface area contributed by atoms with Crippen molar-refractivity contribution in [3.05, 3.63) is 65.8 Å². The molecule has 1 amide bonds. The highest BCUT2D eigenvalue weighted by molar-refractivity contribution is 5.91. The molecular formula is C27H36F2N4O3. The fourth-order valence-corrected chi connectivity index (χ4v) is 3.48. The minimum absolute atomic E-state index is 0.0534. The van der Waals surface area contributed by atoms with Crippen LogP contribution in [0.4, 0.5) is 14.6 Å². The fourth-order valence-electron chi connectivity index (χ4n) is 3.48. The molecule has 1 aromatic carbocycles. The number of methoxy groups -OCH3 is 1. The summed E-state index contributed by atoms with van der Waals surface area (Å²) in [5, 5.41) is 2.32. The third-order valence-corrected chi connectivity index (χ3v) is 5.65. The first-order valence-corrected chi connectivity index (χ1v) is 11.5. The smallest absolute Gasteiger partial charge is 0.212 e. The minimum Gasteiger partial charge on any atom is -0.497 e. The lowest BCUT2D eigenvalue weighted by atomic mass is 9.94. The summed E-state index contributed by atoms with van der Waals surface area (Å²) in [5.41, 5.74) is 1.78. The molecule has 1 aliphatic carbocycles. The molecule has 1 unspecified atom stereocenters. The Bertz CT molecular complexity index is 1060. The van der Waals surface area contributed by atoms with E-state index >= 15 is 0 Å². The molecule has 0 saturated heterocycles. The molecule has 9 heteroatoms. The first kappa shape index (κ1) is 30.4. The Hall–Kier alpha value is -3.62. The molecule has 196 valence electrons. The van der Waals surface area contributed by atoms with Crippen LogP contribution in [0.5, 0.6) is 5.75 Å². The van der Waals surface area contributed by atoms with Crippen molar-refractivity contribution in [2.24, 2.45) is 15.9 Å². The van der Waals surface area contributed by atoms with Gasteiger partial charge in [-0.3, -0.25) is 14.2 Å². The Balaban J connectivity index is 0.000000417. The summed E-state index contributed by atoms with van der Waals surface area (Å²) < 4.78 is 33.3. The molecule has 36 heavy (non-hydrogen) atoms. The number of hydrogen-bond donors (Lipinski definition) is 1. The van der Waals surface area contributed by atoms with Gasteiger partial charge in [-0.2, -0.15) is 0 Å². The summed E-state index contributed by atoms with van der Waals surface area (Å²) in [4.78, 5) is 22.0. The number of ether oxygens (including phenoxy) is 2. The number of amides is 1. The number of aryl methyl sites for hydroxylation is 1. The number of alkyl halides is 1. The maximum Gasteiger partial charge on any atom is 0.212 e. The average molecular weight is 503 g/mol. The molecule has 1 aromatic heterocycles. The minimum atomic E-state index is -0.374. The molecule has 1 heterocycles. The van der Waals surface area contributed by atoms with Crippen molar-refractivity contribution in [2.75, 3.05) is 32.8 Å². The Morgan fingerprint density at radius 2 is 2.06 bits per heavy atom. The van der Waals surface area contributed by atoms with E-state index in [9.17, 15) is 13.6 Å². The van der Waals surface area contributed by atoms with Crippen LogP contribution in [0.1, 0.15) is 38.3 Å². The first-order chi connectivity index (χ1) is 17.2.